The van der Waals surface area contributed by atoms with Gasteiger partial charge in [-0.3, -0.25) is 24.2 Å². The predicted molar refractivity (Wildman–Crippen MR) is 156 cm³/mol. The second-order valence-corrected chi connectivity index (χ2v) is 11.3. The Bertz CT molecular complexity index is 1570. The van der Waals surface area contributed by atoms with Crippen LogP contribution < -0.4 is 10.2 Å². The molecule has 2 saturated carbocycles. The molecule has 2 heterocycles. The van der Waals surface area contributed by atoms with Crippen LogP contribution in [0.2, 0.25) is 0 Å². The van der Waals surface area contributed by atoms with Crippen LogP contribution in [-0.2, 0) is 11.0 Å². The Labute approximate surface area is 253 Å². The number of fused-ring (bicyclic) bond motifs is 1. The van der Waals surface area contributed by atoms with Crippen molar-refractivity contribution in [1.82, 2.24) is 20.0 Å². The van der Waals surface area contributed by atoms with E-state index in [0.717, 1.165) is 37.1 Å². The average molecular weight is 607 g/mol. The molecule has 0 radical (unpaired) electrons. The van der Waals surface area contributed by atoms with Crippen molar-refractivity contribution in [2.75, 3.05) is 25.0 Å². The van der Waals surface area contributed by atoms with Gasteiger partial charge in [-0.2, -0.15) is 23.5 Å². The minimum absolute atomic E-state index is 0.0330. The van der Waals surface area contributed by atoms with E-state index in [1.165, 1.54) is 23.8 Å². The number of amides is 2. The molecule has 1 N–H and O–H groups in total. The van der Waals surface area contributed by atoms with Crippen molar-refractivity contribution >= 4 is 23.9 Å². The lowest BCUT2D eigenvalue weighted by molar-refractivity contribution is -0.137. The highest BCUT2D eigenvalue weighted by Crippen LogP contribution is 2.51. The molecule has 2 amide bonds. The molecule has 3 aromatic rings. The van der Waals surface area contributed by atoms with E-state index in [-0.39, 0.29) is 23.7 Å². The summed E-state index contributed by atoms with van der Waals surface area (Å²) in [4.78, 5) is 42.5. The molecular weight excluding hydrogens is 573 g/mol. The number of nitriles is 1. The van der Waals surface area contributed by atoms with Crippen molar-refractivity contribution in [2.45, 2.75) is 56.8 Å². The first-order chi connectivity index (χ1) is 21.1. The van der Waals surface area contributed by atoms with Crippen LogP contribution in [0, 0.1) is 17.2 Å². The topological polar surface area (TPSA) is 111 Å². The summed E-state index contributed by atoms with van der Waals surface area (Å²) in [6.07, 6.45) is 0.216. The fraction of sp³-hybridized carbons (Fsp3) is 0.406. The van der Waals surface area contributed by atoms with E-state index < -0.39 is 35.5 Å². The molecular formula is C32H33F3N6O3. The zero-order chi connectivity index (χ0) is 31.6. The standard InChI is InChI=1S/C26H23F3N4O3.C6H10N2/c1-2-32-24-21(19(14-34)31-33(24)18-9-4-3-5-10-18)20(15-11-12-15)22(25(32)36)30-23(35)16-7-6-8-17(13-16)26(27,28)29;1-8(5-4-7)6-2-3-6/h3-10,13-15,20,22H,2,11-12H2,1H3,(H,30,35);6H,2-3,5H2,1H3. The fourth-order valence-electron chi connectivity index (χ4n) is 5.68. The normalized spacial score (nSPS) is 19.5. The first-order valence-electron chi connectivity index (χ1n) is 14.6. The monoisotopic (exact) mass is 606 g/mol. The molecule has 2 atom stereocenters. The summed E-state index contributed by atoms with van der Waals surface area (Å²) in [6.45, 7) is 2.61. The van der Waals surface area contributed by atoms with E-state index in [1.54, 1.807) is 11.6 Å². The summed E-state index contributed by atoms with van der Waals surface area (Å²) in [5.41, 5.74) is 0.279. The highest BCUT2D eigenvalue weighted by molar-refractivity contribution is 6.06. The van der Waals surface area contributed by atoms with Gasteiger partial charge in [0.2, 0.25) is 0 Å². The number of rotatable bonds is 8. The third-order valence-corrected chi connectivity index (χ3v) is 8.19. The largest absolute Gasteiger partial charge is 0.416 e. The van der Waals surface area contributed by atoms with Crippen LogP contribution in [0.15, 0.2) is 54.6 Å². The molecule has 1 aliphatic heterocycles. The van der Waals surface area contributed by atoms with E-state index in [2.05, 4.69) is 21.4 Å². The molecule has 12 heteroatoms. The highest BCUT2D eigenvalue weighted by Gasteiger charge is 2.51. The van der Waals surface area contributed by atoms with E-state index in [4.69, 9.17) is 5.26 Å². The number of carbonyl (C=O) groups excluding carboxylic acids is 3. The minimum Gasteiger partial charge on any atom is -0.340 e. The number of carbonyl (C=O) groups is 3. The van der Waals surface area contributed by atoms with E-state index in [1.807, 2.05) is 37.4 Å². The van der Waals surface area contributed by atoms with E-state index in [0.29, 0.717) is 29.9 Å². The van der Waals surface area contributed by atoms with Gasteiger partial charge in [0.1, 0.15) is 17.6 Å². The Morgan fingerprint density at radius 3 is 2.41 bits per heavy atom. The maximum absolute atomic E-state index is 13.7. The van der Waals surface area contributed by atoms with Gasteiger partial charge in [0.25, 0.3) is 11.8 Å². The number of para-hydroxylation sites is 1. The summed E-state index contributed by atoms with van der Waals surface area (Å²) in [5, 5.41) is 15.4. The highest BCUT2D eigenvalue weighted by atomic mass is 19.4. The molecule has 3 aliphatic rings. The Balaban J connectivity index is 0.000000418. The van der Waals surface area contributed by atoms with Gasteiger partial charge in [0.05, 0.1) is 23.9 Å². The lowest BCUT2D eigenvalue weighted by Gasteiger charge is -2.38. The van der Waals surface area contributed by atoms with Crippen LogP contribution in [0.5, 0.6) is 0 Å². The molecule has 1 aromatic heterocycles. The number of aromatic nitrogens is 2. The van der Waals surface area contributed by atoms with E-state index >= 15 is 0 Å². The first kappa shape index (κ1) is 30.9. The van der Waals surface area contributed by atoms with Gasteiger partial charge in [-0.25, -0.2) is 4.68 Å². The molecule has 44 heavy (non-hydrogen) atoms. The van der Waals surface area contributed by atoms with Gasteiger partial charge in [0.15, 0.2) is 6.29 Å². The van der Waals surface area contributed by atoms with Gasteiger partial charge in [-0.1, -0.05) is 24.3 Å². The van der Waals surface area contributed by atoms with Crippen LogP contribution in [0.4, 0.5) is 19.0 Å². The number of benzene rings is 2. The van der Waals surface area contributed by atoms with Crippen LogP contribution in [0.1, 0.15) is 70.5 Å². The molecule has 2 aliphatic carbocycles. The van der Waals surface area contributed by atoms with Gasteiger partial charge in [0, 0.05) is 29.6 Å². The Morgan fingerprint density at radius 2 is 1.84 bits per heavy atom. The second kappa shape index (κ2) is 12.6. The van der Waals surface area contributed by atoms with Crippen molar-refractivity contribution < 1.29 is 27.6 Å². The van der Waals surface area contributed by atoms with Crippen molar-refractivity contribution in [3.8, 4) is 11.8 Å². The number of hydrogen-bond acceptors (Lipinski definition) is 6. The van der Waals surface area contributed by atoms with Crippen LogP contribution in [0.25, 0.3) is 5.69 Å². The molecule has 9 nitrogen and oxygen atoms in total. The van der Waals surface area contributed by atoms with Crippen molar-refractivity contribution in [3.63, 3.8) is 0 Å². The van der Waals surface area contributed by atoms with Crippen LogP contribution in [0.3, 0.4) is 0 Å². The lowest BCUT2D eigenvalue weighted by atomic mass is 9.82. The number of anilines is 1. The Morgan fingerprint density at radius 1 is 1.14 bits per heavy atom. The summed E-state index contributed by atoms with van der Waals surface area (Å²) >= 11 is 0. The quantitative estimate of drug-likeness (QED) is 0.287. The molecule has 2 aromatic carbocycles. The van der Waals surface area contributed by atoms with E-state index in [9.17, 15) is 27.6 Å². The Kier molecular flexibility index (Phi) is 8.87. The SMILES string of the molecule is CCN1C(=O)C(NC(=O)c2cccc(C(F)(F)F)c2)C(C2CC2)c2c(C=O)nn(-c3ccccc3)c21.CN(CC#N)C1CC1. The number of aldehydes is 1. The first-order valence-corrected chi connectivity index (χ1v) is 14.6. The smallest absolute Gasteiger partial charge is 0.340 e. The molecule has 0 bridgehead atoms. The molecule has 0 saturated heterocycles. The Hall–Kier alpha value is -4.50. The molecule has 6 rings (SSSR count). The minimum atomic E-state index is -4.60. The van der Waals surface area contributed by atoms with Gasteiger partial charge in [-0.15, -0.1) is 0 Å². The van der Waals surface area contributed by atoms with Crippen LogP contribution in [-0.4, -0.2) is 65.0 Å². The number of nitrogens with one attached hydrogen (secondary N) is 1. The number of halogens is 3. The maximum atomic E-state index is 13.7. The number of nitrogens with zero attached hydrogens (tertiary/aromatic N) is 5. The predicted octanol–water partition coefficient (Wildman–Crippen LogP) is 4.97. The zero-order valence-corrected chi connectivity index (χ0v) is 24.4. The molecule has 0 spiro atoms. The average Bonchev–Trinajstić information content (AvgIpc) is 3.95. The number of alkyl halides is 3. The van der Waals surface area contributed by atoms with Gasteiger partial charge >= 0.3 is 6.18 Å². The zero-order valence-electron chi connectivity index (χ0n) is 24.4. The second-order valence-electron chi connectivity index (χ2n) is 11.3. The number of hydrogen-bond donors (Lipinski definition) is 1. The van der Waals surface area contributed by atoms with Crippen LogP contribution >= 0.6 is 0 Å². The molecule has 2 unspecified atom stereocenters. The third kappa shape index (κ3) is 6.38. The summed E-state index contributed by atoms with van der Waals surface area (Å²) in [7, 11) is 2.00. The molecule has 230 valence electrons. The summed E-state index contributed by atoms with van der Waals surface area (Å²) < 4.78 is 41.1. The van der Waals surface area contributed by atoms with Gasteiger partial charge in [-0.05, 0) is 75.9 Å². The van der Waals surface area contributed by atoms with Crippen molar-refractivity contribution in [3.05, 3.63) is 77.0 Å². The fourth-order valence-corrected chi connectivity index (χ4v) is 5.68. The maximum Gasteiger partial charge on any atom is 0.416 e. The third-order valence-electron chi connectivity index (χ3n) is 8.19. The van der Waals surface area contributed by atoms with Gasteiger partial charge < -0.3 is 5.32 Å². The summed E-state index contributed by atoms with van der Waals surface area (Å²) in [5.74, 6) is -1.19. The lowest BCUT2D eigenvalue weighted by Crippen LogP contribution is -2.55. The molecule has 2 fully saturated rings. The van der Waals surface area contributed by atoms with Crippen molar-refractivity contribution in [2.24, 2.45) is 5.92 Å². The number of likely N-dealkylation sites (N-methyl/N-ethyl adjacent to an activating group) is 1. The summed E-state index contributed by atoms with van der Waals surface area (Å²) in [6, 6.07) is 15.0. The van der Waals surface area contributed by atoms with Crippen molar-refractivity contribution in [1.29, 1.82) is 5.26 Å².